The van der Waals surface area contributed by atoms with Gasteiger partial charge in [0, 0.05) is 17.0 Å². The molecule has 0 aliphatic carbocycles. The first kappa shape index (κ1) is 21.2. The van der Waals surface area contributed by atoms with E-state index in [1.54, 1.807) is 19.1 Å². The summed E-state index contributed by atoms with van der Waals surface area (Å²) in [6.45, 7) is 7.54. The van der Waals surface area contributed by atoms with Gasteiger partial charge in [0.25, 0.3) is 0 Å². The molecule has 0 amide bonds. The number of carbonyl (C=O) groups excluding carboxylic acids is 1. The Balaban J connectivity index is 2.18. The number of hydrogen-bond acceptors (Lipinski definition) is 7. The minimum Gasteiger partial charge on any atom is -0.494 e. The molecule has 1 aromatic heterocycles. The number of rotatable bonds is 6. The Morgan fingerprint density at radius 2 is 2.23 bits per heavy atom. The topological polar surface area (TPSA) is 107 Å². The standard InChI is InChI=1S/C22H20ClN3O4/c1-4-8-29-22(27)18-12(3)30-21(25)16(11-24)19(18)15-9-13-6-7-14(28-5-2)10-17(13)26-20(15)23/h4,6-7,9-10,19H,1,5,8,25H2,2-3H3/t19-/m0/s1. The van der Waals surface area contributed by atoms with E-state index in [-0.39, 0.29) is 34.5 Å². The van der Waals surface area contributed by atoms with E-state index in [1.165, 1.54) is 6.08 Å². The predicted molar refractivity (Wildman–Crippen MR) is 112 cm³/mol. The molecular weight excluding hydrogens is 406 g/mol. The highest BCUT2D eigenvalue weighted by atomic mass is 35.5. The maximum absolute atomic E-state index is 12.8. The summed E-state index contributed by atoms with van der Waals surface area (Å²) < 4.78 is 16.1. The minimum atomic E-state index is -0.878. The molecule has 2 N–H and O–H groups in total. The van der Waals surface area contributed by atoms with Gasteiger partial charge in [0.2, 0.25) is 5.88 Å². The van der Waals surface area contributed by atoms with Crippen molar-refractivity contribution >= 4 is 28.5 Å². The first-order chi connectivity index (χ1) is 14.4. The second-order valence-electron chi connectivity index (χ2n) is 6.44. The Labute approximate surface area is 179 Å². The predicted octanol–water partition coefficient (Wildman–Crippen LogP) is 4.10. The zero-order chi connectivity index (χ0) is 21.8. The van der Waals surface area contributed by atoms with Gasteiger partial charge in [-0.3, -0.25) is 0 Å². The lowest BCUT2D eigenvalue weighted by molar-refractivity contribution is -0.138. The van der Waals surface area contributed by atoms with Crippen molar-refractivity contribution in [2.24, 2.45) is 5.73 Å². The molecule has 0 bridgehead atoms. The number of fused-ring (bicyclic) bond motifs is 1. The van der Waals surface area contributed by atoms with Gasteiger partial charge < -0.3 is 19.9 Å². The first-order valence-corrected chi connectivity index (χ1v) is 9.58. The molecule has 3 rings (SSSR count). The van der Waals surface area contributed by atoms with Crippen molar-refractivity contribution in [1.82, 2.24) is 4.98 Å². The summed E-state index contributed by atoms with van der Waals surface area (Å²) in [5.41, 5.74) is 7.19. The van der Waals surface area contributed by atoms with Gasteiger partial charge >= 0.3 is 5.97 Å². The average Bonchev–Trinajstić information content (AvgIpc) is 2.71. The molecule has 0 saturated heterocycles. The van der Waals surface area contributed by atoms with E-state index in [4.69, 9.17) is 31.5 Å². The number of ether oxygens (including phenoxy) is 3. The number of halogens is 1. The Morgan fingerprint density at radius 1 is 1.47 bits per heavy atom. The molecule has 0 unspecified atom stereocenters. The lowest BCUT2D eigenvalue weighted by atomic mass is 9.83. The van der Waals surface area contributed by atoms with E-state index in [1.807, 2.05) is 25.1 Å². The van der Waals surface area contributed by atoms with Crippen LogP contribution in [0, 0.1) is 11.3 Å². The zero-order valence-electron chi connectivity index (χ0n) is 16.6. The van der Waals surface area contributed by atoms with Gasteiger partial charge in [-0.2, -0.15) is 5.26 Å². The summed E-state index contributed by atoms with van der Waals surface area (Å²) in [7, 11) is 0. The third-order valence-electron chi connectivity index (χ3n) is 4.55. The molecule has 8 heteroatoms. The van der Waals surface area contributed by atoms with Crippen LogP contribution in [0.2, 0.25) is 5.15 Å². The summed E-state index contributed by atoms with van der Waals surface area (Å²) >= 11 is 6.50. The van der Waals surface area contributed by atoms with Crippen LogP contribution in [-0.2, 0) is 14.3 Å². The normalized spacial score (nSPS) is 16.1. The summed E-state index contributed by atoms with van der Waals surface area (Å²) in [5.74, 6) is -0.729. The van der Waals surface area contributed by atoms with Gasteiger partial charge in [0.1, 0.15) is 34.9 Å². The average molecular weight is 426 g/mol. The van der Waals surface area contributed by atoms with Crippen LogP contribution in [0.25, 0.3) is 10.9 Å². The van der Waals surface area contributed by atoms with Crippen LogP contribution in [0.3, 0.4) is 0 Å². The highest BCUT2D eigenvalue weighted by Crippen LogP contribution is 2.42. The van der Waals surface area contributed by atoms with E-state index in [2.05, 4.69) is 11.6 Å². The molecule has 30 heavy (non-hydrogen) atoms. The molecule has 0 radical (unpaired) electrons. The van der Waals surface area contributed by atoms with Crippen molar-refractivity contribution in [3.63, 3.8) is 0 Å². The van der Waals surface area contributed by atoms with Crippen LogP contribution in [0.5, 0.6) is 5.75 Å². The van der Waals surface area contributed by atoms with Crippen molar-refractivity contribution in [2.45, 2.75) is 19.8 Å². The van der Waals surface area contributed by atoms with Gasteiger partial charge in [-0.15, -0.1) is 0 Å². The van der Waals surface area contributed by atoms with Crippen LogP contribution in [0.4, 0.5) is 0 Å². The second kappa shape index (κ2) is 8.89. The molecule has 0 fully saturated rings. The fraction of sp³-hybridized carbons (Fsp3) is 0.227. The quantitative estimate of drug-likeness (QED) is 0.421. The number of allylic oxidation sites excluding steroid dienone is 2. The van der Waals surface area contributed by atoms with Crippen molar-refractivity contribution in [1.29, 1.82) is 5.26 Å². The molecule has 0 spiro atoms. The molecular formula is C22H20ClN3O4. The fourth-order valence-corrected chi connectivity index (χ4v) is 3.52. The highest BCUT2D eigenvalue weighted by molar-refractivity contribution is 6.30. The lowest BCUT2D eigenvalue weighted by Gasteiger charge is -2.27. The van der Waals surface area contributed by atoms with Crippen LogP contribution in [0.1, 0.15) is 25.3 Å². The Bertz CT molecular complexity index is 1130. The number of aromatic nitrogens is 1. The van der Waals surface area contributed by atoms with Crippen LogP contribution in [-0.4, -0.2) is 24.2 Å². The first-order valence-electron chi connectivity index (χ1n) is 9.20. The summed E-state index contributed by atoms with van der Waals surface area (Å²) in [6.07, 6.45) is 1.45. The highest BCUT2D eigenvalue weighted by Gasteiger charge is 2.37. The van der Waals surface area contributed by atoms with E-state index >= 15 is 0 Å². The molecule has 2 heterocycles. The largest absolute Gasteiger partial charge is 0.494 e. The Morgan fingerprint density at radius 3 is 2.90 bits per heavy atom. The summed E-state index contributed by atoms with van der Waals surface area (Å²) in [4.78, 5) is 17.2. The van der Waals surface area contributed by atoms with Crippen LogP contribution >= 0.6 is 11.6 Å². The van der Waals surface area contributed by atoms with Gasteiger partial charge in [-0.1, -0.05) is 24.3 Å². The lowest BCUT2D eigenvalue weighted by Crippen LogP contribution is -2.26. The van der Waals surface area contributed by atoms with Crippen molar-refractivity contribution in [3.8, 4) is 11.8 Å². The monoisotopic (exact) mass is 425 g/mol. The van der Waals surface area contributed by atoms with Crippen LogP contribution in [0.15, 0.2) is 59.7 Å². The number of benzene rings is 1. The molecule has 1 aliphatic heterocycles. The second-order valence-corrected chi connectivity index (χ2v) is 6.80. The van der Waals surface area contributed by atoms with Crippen molar-refractivity contribution < 1.29 is 19.0 Å². The third kappa shape index (κ3) is 3.95. The Kier molecular flexibility index (Phi) is 6.28. The van der Waals surface area contributed by atoms with E-state index in [9.17, 15) is 10.1 Å². The minimum absolute atomic E-state index is 0.00727. The van der Waals surface area contributed by atoms with E-state index in [0.29, 0.717) is 23.4 Å². The fourth-order valence-electron chi connectivity index (χ4n) is 3.27. The molecule has 1 atom stereocenters. The van der Waals surface area contributed by atoms with E-state index in [0.717, 1.165) is 5.39 Å². The van der Waals surface area contributed by atoms with E-state index < -0.39 is 11.9 Å². The molecule has 2 aromatic rings. The number of esters is 1. The summed E-state index contributed by atoms with van der Waals surface area (Å²) in [6, 6.07) is 9.21. The Hall–Kier alpha value is -3.50. The molecule has 1 aromatic carbocycles. The number of pyridine rings is 1. The molecule has 7 nitrogen and oxygen atoms in total. The molecule has 0 saturated carbocycles. The zero-order valence-corrected chi connectivity index (χ0v) is 17.3. The third-order valence-corrected chi connectivity index (χ3v) is 4.85. The number of hydrogen-bond donors (Lipinski definition) is 1. The van der Waals surface area contributed by atoms with Gasteiger partial charge in [0.15, 0.2) is 0 Å². The van der Waals surface area contributed by atoms with Crippen LogP contribution < -0.4 is 10.5 Å². The molecule has 154 valence electrons. The van der Waals surface area contributed by atoms with Crippen molar-refractivity contribution in [2.75, 3.05) is 13.2 Å². The number of nitrogens with zero attached hydrogens (tertiary/aromatic N) is 2. The van der Waals surface area contributed by atoms with Gasteiger partial charge in [-0.05, 0) is 32.0 Å². The number of carbonyl (C=O) groups is 1. The molecule has 1 aliphatic rings. The maximum atomic E-state index is 12.8. The van der Waals surface area contributed by atoms with Gasteiger partial charge in [-0.25, -0.2) is 9.78 Å². The maximum Gasteiger partial charge on any atom is 0.338 e. The smallest absolute Gasteiger partial charge is 0.338 e. The number of nitrogens with two attached hydrogens (primary N) is 1. The van der Waals surface area contributed by atoms with Gasteiger partial charge in [0.05, 0.1) is 23.6 Å². The summed E-state index contributed by atoms with van der Waals surface area (Å²) in [5, 5.41) is 10.6. The SMILES string of the molecule is C=CCOC(=O)C1=C(C)OC(N)=C(C#N)[C@@H]1c1cc2ccc(OCC)cc2nc1Cl. The number of nitriles is 1. The van der Waals surface area contributed by atoms with Crippen molar-refractivity contribution in [3.05, 3.63) is 70.4 Å².